The molecule has 0 unspecified atom stereocenters. The monoisotopic (exact) mass is 325 g/mol. The number of anilines is 1. The van der Waals surface area contributed by atoms with Gasteiger partial charge in [-0.3, -0.25) is 4.79 Å². The van der Waals surface area contributed by atoms with E-state index in [1.54, 1.807) is 21.3 Å². The highest BCUT2D eigenvalue weighted by Crippen LogP contribution is 2.29. The Labute approximate surface area is 138 Å². The van der Waals surface area contributed by atoms with Crippen molar-refractivity contribution >= 4 is 11.6 Å². The maximum atomic E-state index is 11.9. The van der Waals surface area contributed by atoms with Crippen LogP contribution >= 0.6 is 0 Å². The van der Waals surface area contributed by atoms with Gasteiger partial charge in [0.2, 0.25) is 0 Å². The molecule has 1 saturated heterocycles. The van der Waals surface area contributed by atoms with Gasteiger partial charge in [0.05, 0.1) is 12.2 Å². The summed E-state index contributed by atoms with van der Waals surface area (Å²) in [4.78, 5) is 22.8. The van der Waals surface area contributed by atoms with Gasteiger partial charge in [-0.1, -0.05) is 0 Å². The minimum Gasteiger partial charge on any atom is -0.355 e. The highest BCUT2D eigenvalue weighted by atomic mass is 16.1. The van der Waals surface area contributed by atoms with Crippen LogP contribution < -0.4 is 10.5 Å². The van der Waals surface area contributed by atoms with E-state index in [4.69, 9.17) is 0 Å². The quantitative estimate of drug-likeness (QED) is 0.706. The lowest BCUT2D eigenvalue weighted by Crippen LogP contribution is -2.50. The van der Waals surface area contributed by atoms with E-state index in [1.165, 1.54) is 6.33 Å². The zero-order valence-corrected chi connectivity index (χ0v) is 14.0. The molecule has 1 fully saturated rings. The summed E-state index contributed by atoms with van der Waals surface area (Å²) in [5.74, 6) is 2.05. The zero-order valence-electron chi connectivity index (χ0n) is 14.0. The molecule has 0 aromatic carbocycles. The van der Waals surface area contributed by atoms with Crippen molar-refractivity contribution in [3.63, 3.8) is 0 Å². The lowest BCUT2D eigenvalue weighted by atomic mass is 9.99. The molecule has 0 bridgehead atoms. The fraction of sp³-hybridized carbons (Fsp3) is 0.438. The third-order valence-corrected chi connectivity index (χ3v) is 4.56. The fourth-order valence-electron chi connectivity index (χ4n) is 3.17. The van der Waals surface area contributed by atoms with E-state index in [-0.39, 0.29) is 5.56 Å². The van der Waals surface area contributed by atoms with Gasteiger partial charge in [0.15, 0.2) is 0 Å². The van der Waals surface area contributed by atoms with Crippen molar-refractivity contribution in [1.82, 2.24) is 29.4 Å². The molecule has 8 nitrogen and oxygen atoms in total. The highest BCUT2D eigenvalue weighted by molar-refractivity contribution is 5.55. The van der Waals surface area contributed by atoms with E-state index in [9.17, 15) is 4.79 Å². The van der Waals surface area contributed by atoms with Crippen LogP contribution in [-0.2, 0) is 6.54 Å². The van der Waals surface area contributed by atoms with Gasteiger partial charge >= 0.3 is 0 Å². The number of aryl methyl sites for hydroxylation is 2. The summed E-state index contributed by atoms with van der Waals surface area (Å²) in [6.45, 7) is 8.30. The molecule has 3 aromatic heterocycles. The van der Waals surface area contributed by atoms with Crippen LogP contribution in [0.3, 0.4) is 0 Å². The fourth-order valence-corrected chi connectivity index (χ4v) is 3.17. The van der Waals surface area contributed by atoms with Crippen LogP contribution in [0.2, 0.25) is 0 Å². The standard InChI is InChI=1S/C16H19N7O/c1-10-4-5-14(24)22(20-10)8-13-6-21(7-13)15-11(2)12(3)19-16-17-9-18-23(15)16/h4-5,9,13H,6-8H2,1-3H3. The Hall–Kier alpha value is -2.77. The molecule has 0 saturated carbocycles. The maximum absolute atomic E-state index is 11.9. The number of hydrogen-bond donors (Lipinski definition) is 0. The first-order valence-corrected chi connectivity index (χ1v) is 7.99. The Balaban J connectivity index is 1.56. The summed E-state index contributed by atoms with van der Waals surface area (Å²) in [5, 5.41) is 8.61. The highest BCUT2D eigenvalue weighted by Gasteiger charge is 2.31. The van der Waals surface area contributed by atoms with Crippen molar-refractivity contribution < 1.29 is 0 Å². The molecular weight excluding hydrogens is 306 g/mol. The van der Waals surface area contributed by atoms with Crippen LogP contribution in [0, 0.1) is 26.7 Å². The van der Waals surface area contributed by atoms with Crippen LogP contribution in [0.15, 0.2) is 23.3 Å². The Morgan fingerprint density at radius 1 is 1.21 bits per heavy atom. The Bertz CT molecular complexity index is 968. The van der Waals surface area contributed by atoms with Gasteiger partial charge in [0.1, 0.15) is 12.1 Å². The summed E-state index contributed by atoms with van der Waals surface area (Å²) >= 11 is 0. The Morgan fingerprint density at radius 3 is 2.79 bits per heavy atom. The van der Waals surface area contributed by atoms with E-state index in [2.05, 4.69) is 32.0 Å². The van der Waals surface area contributed by atoms with Crippen molar-refractivity contribution in [2.45, 2.75) is 27.3 Å². The van der Waals surface area contributed by atoms with E-state index >= 15 is 0 Å². The second-order valence-electron chi connectivity index (χ2n) is 6.38. The average Bonchev–Trinajstić information content (AvgIpc) is 2.96. The predicted molar refractivity (Wildman–Crippen MR) is 89.2 cm³/mol. The third-order valence-electron chi connectivity index (χ3n) is 4.56. The number of hydrogen-bond acceptors (Lipinski definition) is 6. The molecule has 0 N–H and O–H groups in total. The van der Waals surface area contributed by atoms with Crippen LogP contribution in [0.4, 0.5) is 5.82 Å². The van der Waals surface area contributed by atoms with Gasteiger partial charge in [-0.15, -0.1) is 0 Å². The Kier molecular flexibility index (Phi) is 3.33. The average molecular weight is 325 g/mol. The molecule has 4 rings (SSSR count). The van der Waals surface area contributed by atoms with Gasteiger partial charge in [0, 0.05) is 36.3 Å². The van der Waals surface area contributed by atoms with Crippen LogP contribution in [0.1, 0.15) is 17.0 Å². The lowest BCUT2D eigenvalue weighted by Gasteiger charge is -2.41. The largest absolute Gasteiger partial charge is 0.355 e. The zero-order chi connectivity index (χ0) is 16.8. The molecule has 1 aliphatic heterocycles. The SMILES string of the molecule is Cc1ccc(=O)n(CC2CN(c3c(C)c(C)nc4ncnn34)C2)n1. The topological polar surface area (TPSA) is 81.2 Å². The summed E-state index contributed by atoms with van der Waals surface area (Å²) in [5.41, 5.74) is 2.88. The van der Waals surface area contributed by atoms with Gasteiger partial charge in [0.25, 0.3) is 11.3 Å². The normalized spacial score (nSPS) is 15.0. The number of fused-ring (bicyclic) bond motifs is 1. The van der Waals surface area contributed by atoms with E-state index < -0.39 is 0 Å². The molecule has 124 valence electrons. The summed E-state index contributed by atoms with van der Waals surface area (Å²) in [6.07, 6.45) is 1.53. The molecule has 3 aromatic rings. The minimum absolute atomic E-state index is 0.0475. The van der Waals surface area contributed by atoms with Gasteiger partial charge < -0.3 is 4.90 Å². The first-order chi connectivity index (χ1) is 11.5. The molecule has 0 radical (unpaired) electrons. The number of rotatable bonds is 3. The predicted octanol–water partition coefficient (Wildman–Crippen LogP) is 0.743. The van der Waals surface area contributed by atoms with E-state index in [0.717, 1.165) is 35.9 Å². The first-order valence-electron chi connectivity index (χ1n) is 7.99. The molecule has 24 heavy (non-hydrogen) atoms. The van der Waals surface area contributed by atoms with Crippen LogP contribution in [0.25, 0.3) is 5.78 Å². The lowest BCUT2D eigenvalue weighted by molar-refractivity contribution is 0.330. The molecule has 0 aliphatic carbocycles. The van der Waals surface area contributed by atoms with Crippen molar-refractivity contribution in [2.24, 2.45) is 5.92 Å². The molecule has 8 heteroatoms. The van der Waals surface area contributed by atoms with Crippen molar-refractivity contribution in [1.29, 1.82) is 0 Å². The minimum atomic E-state index is -0.0475. The second kappa shape index (κ2) is 5.40. The van der Waals surface area contributed by atoms with Crippen LogP contribution in [0.5, 0.6) is 0 Å². The first kappa shape index (κ1) is 14.8. The van der Waals surface area contributed by atoms with Crippen LogP contribution in [-0.4, -0.2) is 42.5 Å². The molecule has 1 aliphatic rings. The smallest absolute Gasteiger partial charge is 0.266 e. The summed E-state index contributed by atoms with van der Waals surface area (Å²) in [7, 11) is 0. The molecular formula is C16H19N7O. The maximum Gasteiger partial charge on any atom is 0.266 e. The molecule has 0 amide bonds. The van der Waals surface area contributed by atoms with Gasteiger partial charge in [-0.25, -0.2) is 9.67 Å². The summed E-state index contributed by atoms with van der Waals surface area (Å²) < 4.78 is 3.35. The second-order valence-corrected chi connectivity index (χ2v) is 6.38. The Morgan fingerprint density at radius 2 is 2.00 bits per heavy atom. The summed E-state index contributed by atoms with van der Waals surface area (Å²) in [6, 6.07) is 3.32. The van der Waals surface area contributed by atoms with E-state index in [0.29, 0.717) is 18.2 Å². The number of aromatic nitrogens is 6. The van der Waals surface area contributed by atoms with Crippen molar-refractivity contribution in [3.8, 4) is 0 Å². The van der Waals surface area contributed by atoms with E-state index in [1.807, 2.05) is 13.8 Å². The molecule has 0 spiro atoms. The number of nitrogens with zero attached hydrogens (tertiary/aromatic N) is 7. The third kappa shape index (κ3) is 2.34. The van der Waals surface area contributed by atoms with Crippen molar-refractivity contribution in [3.05, 3.63) is 45.8 Å². The van der Waals surface area contributed by atoms with Crippen molar-refractivity contribution in [2.75, 3.05) is 18.0 Å². The molecule has 4 heterocycles. The molecule has 0 atom stereocenters. The van der Waals surface area contributed by atoms with Gasteiger partial charge in [-0.05, 0) is 26.8 Å². The van der Waals surface area contributed by atoms with Gasteiger partial charge in [-0.2, -0.15) is 19.7 Å².